The Bertz CT molecular complexity index is 346. The summed E-state index contributed by atoms with van der Waals surface area (Å²) in [5, 5.41) is 2.89. The first-order valence-corrected chi connectivity index (χ1v) is 6.79. The maximum absolute atomic E-state index is 11.6. The molecule has 0 heterocycles. The minimum absolute atomic E-state index is 0.0928. The van der Waals surface area contributed by atoms with Crippen LogP contribution in [0.3, 0.4) is 0 Å². The van der Waals surface area contributed by atoms with Crippen LogP contribution < -0.4 is 10.1 Å². The van der Waals surface area contributed by atoms with Gasteiger partial charge in [0.25, 0.3) is 0 Å². The van der Waals surface area contributed by atoms with Crippen LogP contribution in [0.5, 0.6) is 5.75 Å². The van der Waals surface area contributed by atoms with E-state index in [0.29, 0.717) is 13.0 Å². The van der Waals surface area contributed by atoms with E-state index in [1.807, 2.05) is 31.2 Å². The van der Waals surface area contributed by atoms with Crippen molar-refractivity contribution in [3.8, 4) is 5.75 Å². The molecule has 1 aromatic carbocycles. The van der Waals surface area contributed by atoms with E-state index in [0.717, 1.165) is 24.3 Å². The van der Waals surface area contributed by atoms with Gasteiger partial charge in [0.1, 0.15) is 5.75 Å². The van der Waals surface area contributed by atoms with Gasteiger partial charge in [0.05, 0.1) is 6.61 Å². The lowest BCUT2D eigenvalue weighted by Gasteiger charge is -2.07. The number of carbonyl (C=O) groups excluding carboxylic acids is 1. The molecule has 0 aromatic heterocycles. The summed E-state index contributed by atoms with van der Waals surface area (Å²) < 4.78 is 5.34. The first-order valence-electron chi connectivity index (χ1n) is 6.79. The molecule has 0 spiro atoms. The molecule has 1 aromatic rings. The molecule has 0 fully saturated rings. The predicted octanol–water partition coefficient (Wildman–Crippen LogP) is 3.99. The Morgan fingerprint density at radius 1 is 1.11 bits per heavy atom. The highest BCUT2D eigenvalue weighted by Crippen LogP contribution is 2.16. The van der Waals surface area contributed by atoms with Crippen molar-refractivity contribution in [1.29, 1.82) is 0 Å². The SMILES string of the molecule is CCCCCCC(=O)Nc1ccc(OCC)cc1. The summed E-state index contributed by atoms with van der Waals surface area (Å²) in [5.74, 6) is 0.925. The maximum Gasteiger partial charge on any atom is 0.224 e. The topological polar surface area (TPSA) is 38.3 Å². The third-order valence-corrected chi connectivity index (χ3v) is 2.71. The molecule has 0 atom stereocenters. The minimum atomic E-state index is 0.0928. The highest BCUT2D eigenvalue weighted by atomic mass is 16.5. The van der Waals surface area contributed by atoms with Gasteiger partial charge in [-0.15, -0.1) is 0 Å². The smallest absolute Gasteiger partial charge is 0.224 e. The maximum atomic E-state index is 11.6. The van der Waals surface area contributed by atoms with Crippen LogP contribution >= 0.6 is 0 Å². The first kappa shape index (κ1) is 14.6. The molecule has 0 saturated carbocycles. The van der Waals surface area contributed by atoms with Gasteiger partial charge < -0.3 is 10.1 Å². The molecule has 0 aliphatic rings. The number of benzene rings is 1. The van der Waals surface area contributed by atoms with Crippen LogP contribution in [0, 0.1) is 0 Å². The third kappa shape index (κ3) is 5.71. The molecule has 18 heavy (non-hydrogen) atoms. The Hall–Kier alpha value is -1.51. The average molecular weight is 249 g/mol. The van der Waals surface area contributed by atoms with Gasteiger partial charge in [-0.25, -0.2) is 0 Å². The number of hydrogen-bond acceptors (Lipinski definition) is 2. The first-order chi connectivity index (χ1) is 8.76. The Morgan fingerprint density at radius 3 is 2.44 bits per heavy atom. The molecule has 1 N–H and O–H groups in total. The van der Waals surface area contributed by atoms with Gasteiger partial charge in [0.2, 0.25) is 5.91 Å². The van der Waals surface area contributed by atoms with E-state index in [1.54, 1.807) is 0 Å². The van der Waals surface area contributed by atoms with Crippen LogP contribution in [0.15, 0.2) is 24.3 Å². The highest BCUT2D eigenvalue weighted by molar-refractivity contribution is 5.90. The van der Waals surface area contributed by atoms with Crippen LogP contribution in [0.25, 0.3) is 0 Å². The van der Waals surface area contributed by atoms with Crippen LogP contribution in [0.4, 0.5) is 5.69 Å². The molecular weight excluding hydrogens is 226 g/mol. The molecule has 100 valence electrons. The molecule has 1 rings (SSSR count). The molecule has 0 bridgehead atoms. The lowest BCUT2D eigenvalue weighted by Crippen LogP contribution is -2.10. The van der Waals surface area contributed by atoms with Crippen LogP contribution in [-0.4, -0.2) is 12.5 Å². The molecule has 0 aliphatic carbocycles. The number of anilines is 1. The summed E-state index contributed by atoms with van der Waals surface area (Å²) in [6.45, 7) is 4.77. The van der Waals surface area contributed by atoms with E-state index >= 15 is 0 Å². The normalized spacial score (nSPS) is 10.1. The monoisotopic (exact) mass is 249 g/mol. The summed E-state index contributed by atoms with van der Waals surface area (Å²) in [6, 6.07) is 7.48. The summed E-state index contributed by atoms with van der Waals surface area (Å²) in [4.78, 5) is 11.6. The van der Waals surface area contributed by atoms with E-state index in [-0.39, 0.29) is 5.91 Å². The number of unbranched alkanes of at least 4 members (excludes halogenated alkanes) is 3. The van der Waals surface area contributed by atoms with E-state index < -0.39 is 0 Å². The third-order valence-electron chi connectivity index (χ3n) is 2.71. The average Bonchev–Trinajstić information content (AvgIpc) is 2.37. The van der Waals surface area contributed by atoms with Crippen molar-refractivity contribution in [2.45, 2.75) is 46.0 Å². The van der Waals surface area contributed by atoms with Crippen molar-refractivity contribution in [2.24, 2.45) is 0 Å². The van der Waals surface area contributed by atoms with Crippen LogP contribution in [0.2, 0.25) is 0 Å². The standard InChI is InChI=1S/C15H23NO2/c1-3-5-6-7-8-15(17)16-13-9-11-14(12-10-13)18-4-2/h9-12H,3-8H2,1-2H3,(H,16,17). The number of ether oxygens (including phenoxy) is 1. The second kappa shape index (κ2) is 8.56. The second-order valence-electron chi connectivity index (χ2n) is 4.32. The predicted molar refractivity (Wildman–Crippen MR) is 75.0 cm³/mol. The molecule has 0 aliphatic heterocycles. The number of nitrogens with one attached hydrogen (secondary N) is 1. The molecular formula is C15H23NO2. The number of rotatable bonds is 8. The van der Waals surface area contributed by atoms with Gasteiger partial charge in [0.15, 0.2) is 0 Å². The number of carbonyl (C=O) groups is 1. The van der Waals surface area contributed by atoms with E-state index in [2.05, 4.69) is 12.2 Å². The Balaban J connectivity index is 2.30. The van der Waals surface area contributed by atoms with Crippen molar-refractivity contribution < 1.29 is 9.53 Å². The molecule has 0 unspecified atom stereocenters. The van der Waals surface area contributed by atoms with Crippen LogP contribution in [0.1, 0.15) is 46.0 Å². The van der Waals surface area contributed by atoms with Gasteiger partial charge in [-0.05, 0) is 37.6 Å². The zero-order valence-electron chi connectivity index (χ0n) is 11.4. The van der Waals surface area contributed by atoms with Gasteiger partial charge in [-0.3, -0.25) is 4.79 Å². The van der Waals surface area contributed by atoms with Crippen molar-refractivity contribution in [3.05, 3.63) is 24.3 Å². The van der Waals surface area contributed by atoms with E-state index in [1.165, 1.54) is 12.8 Å². The van der Waals surface area contributed by atoms with Gasteiger partial charge in [0, 0.05) is 12.1 Å². The van der Waals surface area contributed by atoms with Gasteiger partial charge in [-0.1, -0.05) is 26.2 Å². The fourth-order valence-electron chi connectivity index (χ4n) is 1.74. The quantitative estimate of drug-likeness (QED) is 0.707. The lowest BCUT2D eigenvalue weighted by atomic mass is 10.1. The summed E-state index contributed by atoms with van der Waals surface area (Å²) in [6.07, 6.45) is 5.11. The summed E-state index contributed by atoms with van der Waals surface area (Å²) in [5.41, 5.74) is 0.832. The highest BCUT2D eigenvalue weighted by Gasteiger charge is 2.02. The Labute approximate surface area is 110 Å². The lowest BCUT2D eigenvalue weighted by molar-refractivity contribution is -0.116. The summed E-state index contributed by atoms with van der Waals surface area (Å²) in [7, 11) is 0. The fourth-order valence-corrected chi connectivity index (χ4v) is 1.74. The summed E-state index contributed by atoms with van der Waals surface area (Å²) >= 11 is 0. The van der Waals surface area contributed by atoms with Crippen molar-refractivity contribution >= 4 is 11.6 Å². The molecule has 0 radical (unpaired) electrons. The zero-order valence-corrected chi connectivity index (χ0v) is 11.4. The molecule has 0 saturated heterocycles. The van der Waals surface area contributed by atoms with Crippen LogP contribution in [-0.2, 0) is 4.79 Å². The number of amides is 1. The molecule has 1 amide bonds. The Kier molecular flexibility index (Phi) is 6.92. The Morgan fingerprint density at radius 2 is 1.83 bits per heavy atom. The van der Waals surface area contributed by atoms with Crippen molar-refractivity contribution in [3.63, 3.8) is 0 Å². The minimum Gasteiger partial charge on any atom is -0.494 e. The second-order valence-corrected chi connectivity index (χ2v) is 4.32. The van der Waals surface area contributed by atoms with E-state index in [4.69, 9.17) is 4.74 Å². The largest absolute Gasteiger partial charge is 0.494 e. The number of hydrogen-bond donors (Lipinski definition) is 1. The molecule has 3 heteroatoms. The van der Waals surface area contributed by atoms with Crippen molar-refractivity contribution in [2.75, 3.05) is 11.9 Å². The fraction of sp³-hybridized carbons (Fsp3) is 0.533. The van der Waals surface area contributed by atoms with Crippen molar-refractivity contribution in [1.82, 2.24) is 0 Å². The van der Waals surface area contributed by atoms with E-state index in [9.17, 15) is 4.79 Å². The van der Waals surface area contributed by atoms with Gasteiger partial charge in [-0.2, -0.15) is 0 Å². The molecule has 3 nitrogen and oxygen atoms in total. The zero-order chi connectivity index (χ0) is 13.2. The van der Waals surface area contributed by atoms with Gasteiger partial charge >= 0.3 is 0 Å².